The van der Waals surface area contributed by atoms with Crippen molar-refractivity contribution in [1.29, 1.82) is 0 Å². The van der Waals surface area contributed by atoms with E-state index in [0.29, 0.717) is 41.8 Å². The van der Waals surface area contributed by atoms with Crippen LogP contribution in [-0.4, -0.2) is 59.9 Å². The first-order valence-corrected chi connectivity index (χ1v) is 9.41. The van der Waals surface area contributed by atoms with Crippen molar-refractivity contribution in [2.24, 2.45) is 0 Å². The number of hydrogen-bond acceptors (Lipinski definition) is 6. The topological polar surface area (TPSA) is 98.8 Å². The third-order valence-corrected chi connectivity index (χ3v) is 5.00. The van der Waals surface area contributed by atoms with Crippen molar-refractivity contribution in [3.8, 4) is 0 Å². The van der Waals surface area contributed by atoms with Crippen LogP contribution in [0.5, 0.6) is 0 Å². The molecule has 2 aliphatic heterocycles. The molecule has 2 N–H and O–H groups in total. The van der Waals surface area contributed by atoms with E-state index >= 15 is 0 Å². The van der Waals surface area contributed by atoms with Crippen molar-refractivity contribution in [1.82, 2.24) is 20.4 Å². The smallest absolute Gasteiger partial charge is 0.262 e. The van der Waals surface area contributed by atoms with Gasteiger partial charge in [-0.3, -0.25) is 39.6 Å². The van der Waals surface area contributed by atoms with Gasteiger partial charge in [0.25, 0.3) is 23.6 Å². The summed E-state index contributed by atoms with van der Waals surface area (Å²) in [6.07, 6.45) is 0.701. The number of benzene rings is 2. The lowest BCUT2D eigenvalue weighted by molar-refractivity contribution is 0.0630. The van der Waals surface area contributed by atoms with Crippen LogP contribution in [0.1, 0.15) is 47.9 Å². The predicted molar refractivity (Wildman–Crippen MR) is 104 cm³/mol. The maximum Gasteiger partial charge on any atom is 0.262 e. The van der Waals surface area contributed by atoms with Crippen LogP contribution in [0.2, 0.25) is 0 Å². The molecule has 4 rings (SSSR count). The average molecular weight is 392 g/mol. The number of fused-ring (bicyclic) bond motifs is 2. The number of imide groups is 2. The van der Waals surface area contributed by atoms with Crippen LogP contribution in [0.15, 0.2) is 48.5 Å². The molecule has 0 aromatic heterocycles. The normalized spacial score (nSPS) is 15.3. The molecule has 8 nitrogen and oxygen atoms in total. The van der Waals surface area contributed by atoms with E-state index in [9.17, 15) is 19.2 Å². The Labute approximate surface area is 167 Å². The van der Waals surface area contributed by atoms with Crippen LogP contribution >= 0.6 is 0 Å². The van der Waals surface area contributed by atoms with Gasteiger partial charge >= 0.3 is 0 Å². The van der Waals surface area contributed by atoms with Gasteiger partial charge in [-0.2, -0.15) is 0 Å². The quantitative estimate of drug-likeness (QED) is 0.515. The summed E-state index contributed by atoms with van der Waals surface area (Å²) in [6.45, 7) is 1.43. The molecular weight excluding hydrogens is 372 g/mol. The molecule has 0 aliphatic carbocycles. The van der Waals surface area contributed by atoms with Gasteiger partial charge < -0.3 is 0 Å². The fourth-order valence-corrected chi connectivity index (χ4v) is 3.49. The lowest BCUT2D eigenvalue weighted by Gasteiger charge is -2.16. The molecule has 2 heterocycles. The average Bonchev–Trinajstić information content (AvgIpc) is 3.13. The van der Waals surface area contributed by atoms with Crippen LogP contribution in [-0.2, 0) is 0 Å². The first kappa shape index (κ1) is 19.0. The maximum atomic E-state index is 12.3. The van der Waals surface area contributed by atoms with Gasteiger partial charge in [-0.25, -0.2) is 0 Å². The van der Waals surface area contributed by atoms with Gasteiger partial charge in [0.15, 0.2) is 0 Å². The summed E-state index contributed by atoms with van der Waals surface area (Å²) < 4.78 is 0. The molecule has 148 valence electrons. The fraction of sp³-hybridized carbons (Fsp3) is 0.238. The van der Waals surface area contributed by atoms with Crippen LogP contribution in [0, 0.1) is 0 Å². The maximum absolute atomic E-state index is 12.3. The standard InChI is InChI=1S/C21H20N4O4/c26-18-14-6-1-2-7-15(14)19(27)24(18)12-22-10-5-11-23-13-25-20(28)16-8-3-4-9-17(16)21(25)29/h1-4,6-9,22-23H,5,10-13H2. The highest BCUT2D eigenvalue weighted by molar-refractivity contribution is 6.22. The van der Waals surface area contributed by atoms with E-state index in [2.05, 4.69) is 10.6 Å². The number of nitrogens with one attached hydrogen (secondary N) is 2. The Hall–Kier alpha value is -3.36. The lowest BCUT2D eigenvalue weighted by atomic mass is 10.1. The van der Waals surface area contributed by atoms with Crippen molar-refractivity contribution >= 4 is 23.6 Å². The fourth-order valence-electron chi connectivity index (χ4n) is 3.49. The van der Waals surface area contributed by atoms with E-state index in [-0.39, 0.29) is 37.0 Å². The van der Waals surface area contributed by atoms with Crippen molar-refractivity contribution in [3.05, 3.63) is 70.8 Å². The highest BCUT2D eigenvalue weighted by atomic mass is 16.2. The van der Waals surface area contributed by atoms with E-state index in [4.69, 9.17) is 0 Å². The molecule has 0 bridgehead atoms. The second kappa shape index (κ2) is 7.94. The minimum atomic E-state index is -0.290. The molecule has 0 unspecified atom stereocenters. The zero-order chi connectivity index (χ0) is 20.4. The van der Waals surface area contributed by atoms with Gasteiger partial charge in [0.1, 0.15) is 0 Å². The molecule has 0 spiro atoms. The predicted octanol–water partition coefficient (Wildman–Crippen LogP) is 1.06. The van der Waals surface area contributed by atoms with Gasteiger partial charge in [-0.15, -0.1) is 0 Å². The summed E-state index contributed by atoms with van der Waals surface area (Å²) >= 11 is 0. The molecule has 0 fully saturated rings. The molecule has 4 amide bonds. The summed E-state index contributed by atoms with van der Waals surface area (Å²) in [5.74, 6) is -1.16. The largest absolute Gasteiger partial charge is 0.299 e. The van der Waals surface area contributed by atoms with Crippen molar-refractivity contribution < 1.29 is 19.2 Å². The summed E-state index contributed by atoms with van der Waals surface area (Å²) in [4.78, 5) is 51.4. The molecule has 8 heteroatoms. The van der Waals surface area contributed by atoms with Crippen LogP contribution in [0.4, 0.5) is 0 Å². The lowest BCUT2D eigenvalue weighted by Crippen LogP contribution is -2.40. The van der Waals surface area contributed by atoms with E-state index < -0.39 is 0 Å². The van der Waals surface area contributed by atoms with Gasteiger partial charge in [-0.05, 0) is 43.8 Å². The molecule has 2 aliphatic rings. The summed E-state index contributed by atoms with van der Waals surface area (Å²) in [6, 6.07) is 13.6. The Morgan fingerprint density at radius 2 is 0.862 bits per heavy atom. The van der Waals surface area contributed by atoms with Crippen molar-refractivity contribution in [2.45, 2.75) is 6.42 Å². The number of carbonyl (C=O) groups excluding carboxylic acids is 4. The molecule has 29 heavy (non-hydrogen) atoms. The summed E-state index contributed by atoms with van der Waals surface area (Å²) in [7, 11) is 0. The van der Waals surface area contributed by atoms with Crippen LogP contribution in [0.25, 0.3) is 0 Å². The first-order chi connectivity index (χ1) is 14.1. The van der Waals surface area contributed by atoms with E-state index in [1.807, 2.05) is 0 Å². The number of carbonyl (C=O) groups is 4. The Kier molecular flexibility index (Phi) is 5.20. The summed E-state index contributed by atoms with van der Waals surface area (Å²) in [5.41, 5.74) is 1.73. The van der Waals surface area contributed by atoms with Crippen LogP contribution in [0.3, 0.4) is 0 Å². The molecule has 0 radical (unpaired) electrons. The van der Waals surface area contributed by atoms with Gasteiger partial charge in [0.2, 0.25) is 0 Å². The molecule has 0 saturated heterocycles. The Morgan fingerprint density at radius 3 is 1.17 bits per heavy atom. The Morgan fingerprint density at radius 1 is 0.552 bits per heavy atom. The molecule has 0 saturated carbocycles. The minimum absolute atomic E-state index is 0.144. The molecule has 2 aromatic carbocycles. The number of rotatable bonds is 8. The Bertz CT molecular complexity index is 854. The first-order valence-electron chi connectivity index (χ1n) is 9.41. The Balaban J connectivity index is 1.17. The summed E-state index contributed by atoms with van der Waals surface area (Å²) in [5, 5.41) is 6.16. The monoisotopic (exact) mass is 392 g/mol. The highest BCUT2D eigenvalue weighted by Crippen LogP contribution is 2.22. The third-order valence-electron chi connectivity index (χ3n) is 5.00. The SMILES string of the molecule is O=C1c2ccccc2C(=O)N1CNCCCNCN1C(=O)c2ccccc2C1=O. The molecule has 0 atom stereocenters. The van der Waals surface area contributed by atoms with Gasteiger partial charge in [0, 0.05) is 0 Å². The van der Waals surface area contributed by atoms with Gasteiger partial charge in [0.05, 0.1) is 35.6 Å². The molecule has 2 aromatic rings. The number of hydrogen-bond donors (Lipinski definition) is 2. The van der Waals surface area contributed by atoms with Crippen LogP contribution < -0.4 is 10.6 Å². The van der Waals surface area contributed by atoms with Crippen molar-refractivity contribution in [3.63, 3.8) is 0 Å². The second-order valence-electron chi connectivity index (χ2n) is 6.84. The zero-order valence-corrected chi connectivity index (χ0v) is 15.7. The van der Waals surface area contributed by atoms with E-state index in [0.717, 1.165) is 0 Å². The zero-order valence-electron chi connectivity index (χ0n) is 15.7. The molecular formula is C21H20N4O4. The second-order valence-corrected chi connectivity index (χ2v) is 6.84. The third kappa shape index (κ3) is 3.43. The number of nitrogens with zero attached hydrogens (tertiary/aromatic N) is 2. The van der Waals surface area contributed by atoms with E-state index in [1.54, 1.807) is 48.5 Å². The minimum Gasteiger partial charge on any atom is -0.299 e. The van der Waals surface area contributed by atoms with Gasteiger partial charge in [-0.1, -0.05) is 24.3 Å². The highest BCUT2D eigenvalue weighted by Gasteiger charge is 2.35. The van der Waals surface area contributed by atoms with Crippen molar-refractivity contribution in [2.75, 3.05) is 26.4 Å². The van der Waals surface area contributed by atoms with E-state index in [1.165, 1.54) is 9.80 Å². The number of amides is 4.